The second-order valence-corrected chi connectivity index (χ2v) is 4.31. The number of aromatic hydroxyl groups is 1. The molecular weight excluding hydrogens is 279 g/mol. The van der Waals surface area contributed by atoms with E-state index in [4.69, 9.17) is 5.11 Å². The molecule has 0 saturated carbocycles. The van der Waals surface area contributed by atoms with Crippen molar-refractivity contribution in [2.45, 2.75) is 6.42 Å². The molecule has 0 fully saturated rings. The number of carbonyl (C=O) groups excluding carboxylic acids is 1. The zero-order chi connectivity index (χ0) is 15.4. The summed E-state index contributed by atoms with van der Waals surface area (Å²) in [7, 11) is 0. The molecule has 0 heterocycles. The third kappa shape index (κ3) is 3.75. The number of hydrogen-bond acceptors (Lipinski definition) is 4. The molecule has 1 amide bonds. The van der Waals surface area contributed by atoms with Gasteiger partial charge in [0.25, 0.3) is 5.69 Å². The highest BCUT2D eigenvalue weighted by Crippen LogP contribution is 2.19. The zero-order valence-corrected chi connectivity index (χ0v) is 10.7. The first kappa shape index (κ1) is 14.4. The molecule has 0 saturated heterocycles. The van der Waals surface area contributed by atoms with E-state index in [-0.39, 0.29) is 17.8 Å². The highest BCUT2D eigenvalue weighted by atomic mass is 19.1. The molecule has 0 aliphatic rings. The second-order valence-electron chi connectivity index (χ2n) is 4.31. The summed E-state index contributed by atoms with van der Waals surface area (Å²) in [6.07, 6.45) is 0.000486. The van der Waals surface area contributed by atoms with E-state index in [9.17, 15) is 19.3 Å². The Kier molecular flexibility index (Phi) is 4.13. The van der Waals surface area contributed by atoms with Crippen LogP contribution in [0.3, 0.4) is 0 Å². The topological polar surface area (TPSA) is 92.5 Å². The maximum Gasteiger partial charge on any atom is 0.269 e. The summed E-state index contributed by atoms with van der Waals surface area (Å²) in [6, 6.07) is 9.09. The van der Waals surface area contributed by atoms with Crippen LogP contribution in [0.15, 0.2) is 42.5 Å². The fraction of sp³-hybridized carbons (Fsp3) is 0.0714. The molecule has 2 N–H and O–H groups in total. The number of rotatable bonds is 4. The van der Waals surface area contributed by atoms with Gasteiger partial charge >= 0.3 is 0 Å². The number of amides is 1. The zero-order valence-electron chi connectivity index (χ0n) is 10.7. The summed E-state index contributed by atoms with van der Waals surface area (Å²) in [5, 5.41) is 22.0. The average Bonchev–Trinajstić information content (AvgIpc) is 2.43. The smallest absolute Gasteiger partial charge is 0.269 e. The Hall–Kier alpha value is -2.96. The van der Waals surface area contributed by atoms with Crippen LogP contribution in [0.5, 0.6) is 5.75 Å². The first-order valence-corrected chi connectivity index (χ1v) is 5.97. The lowest BCUT2D eigenvalue weighted by atomic mass is 10.1. The summed E-state index contributed by atoms with van der Waals surface area (Å²) in [6.45, 7) is 0. The van der Waals surface area contributed by atoms with Crippen molar-refractivity contribution in [3.8, 4) is 5.75 Å². The quantitative estimate of drug-likeness (QED) is 0.514. The minimum absolute atomic E-state index is 0.000486. The second kappa shape index (κ2) is 6.00. The van der Waals surface area contributed by atoms with Gasteiger partial charge in [-0.15, -0.1) is 0 Å². The number of benzene rings is 2. The Morgan fingerprint density at radius 1 is 1.24 bits per heavy atom. The molecule has 0 aliphatic heterocycles. The minimum atomic E-state index is -0.830. The van der Waals surface area contributed by atoms with Crippen LogP contribution in [0, 0.1) is 15.9 Å². The number of carbonyl (C=O) groups is 1. The van der Waals surface area contributed by atoms with Crippen molar-refractivity contribution >= 4 is 17.3 Å². The van der Waals surface area contributed by atoms with Gasteiger partial charge < -0.3 is 10.4 Å². The van der Waals surface area contributed by atoms with Gasteiger partial charge in [0.05, 0.1) is 11.3 Å². The van der Waals surface area contributed by atoms with Crippen LogP contribution in [-0.4, -0.2) is 15.9 Å². The Morgan fingerprint density at radius 3 is 2.48 bits per heavy atom. The number of halogens is 1. The summed E-state index contributed by atoms with van der Waals surface area (Å²) >= 11 is 0. The Morgan fingerprint density at radius 2 is 1.90 bits per heavy atom. The lowest BCUT2D eigenvalue weighted by Crippen LogP contribution is -2.14. The van der Waals surface area contributed by atoms with Crippen LogP contribution in [0.4, 0.5) is 15.8 Å². The fourth-order valence-corrected chi connectivity index (χ4v) is 1.71. The number of phenols is 1. The van der Waals surface area contributed by atoms with Gasteiger partial charge in [-0.05, 0) is 17.7 Å². The van der Waals surface area contributed by atoms with Crippen LogP contribution in [0.2, 0.25) is 0 Å². The van der Waals surface area contributed by atoms with Crippen molar-refractivity contribution in [1.82, 2.24) is 0 Å². The van der Waals surface area contributed by atoms with E-state index in [1.54, 1.807) is 0 Å². The lowest BCUT2D eigenvalue weighted by Gasteiger charge is -2.06. The molecule has 0 unspecified atom stereocenters. The first-order valence-electron chi connectivity index (χ1n) is 5.97. The molecule has 2 aromatic carbocycles. The number of nitro benzene ring substituents is 1. The minimum Gasteiger partial charge on any atom is -0.505 e. The predicted octanol–water partition coefficient (Wildman–Crippen LogP) is 2.62. The van der Waals surface area contributed by atoms with Gasteiger partial charge in [0, 0.05) is 23.9 Å². The molecule has 0 bridgehead atoms. The number of nitrogens with one attached hydrogen (secondary N) is 1. The number of anilines is 1. The van der Waals surface area contributed by atoms with Crippen LogP contribution < -0.4 is 5.32 Å². The number of hydrogen-bond donors (Lipinski definition) is 2. The van der Waals surface area contributed by atoms with Crippen LogP contribution >= 0.6 is 0 Å². The van der Waals surface area contributed by atoms with Gasteiger partial charge in [-0.3, -0.25) is 14.9 Å². The van der Waals surface area contributed by atoms with Crippen molar-refractivity contribution in [2.24, 2.45) is 0 Å². The van der Waals surface area contributed by atoms with Gasteiger partial charge in [0.1, 0.15) is 0 Å². The molecule has 0 spiro atoms. The third-order valence-corrected chi connectivity index (χ3v) is 2.74. The van der Waals surface area contributed by atoms with E-state index in [0.717, 1.165) is 12.1 Å². The SMILES string of the molecule is O=C(Cc1ccc([N+](=O)[O-])cc1)Nc1ccc(O)c(F)c1. The summed E-state index contributed by atoms with van der Waals surface area (Å²) in [5.41, 5.74) is 0.759. The van der Waals surface area contributed by atoms with Crippen molar-refractivity contribution in [2.75, 3.05) is 5.32 Å². The van der Waals surface area contributed by atoms with Crippen molar-refractivity contribution in [3.05, 3.63) is 64.0 Å². The molecule has 6 nitrogen and oxygen atoms in total. The monoisotopic (exact) mass is 290 g/mol. The molecule has 0 atom stereocenters. The van der Waals surface area contributed by atoms with Gasteiger partial charge in [-0.2, -0.15) is 0 Å². The van der Waals surface area contributed by atoms with Gasteiger partial charge in [0.2, 0.25) is 5.91 Å². The molecule has 0 aliphatic carbocycles. The Labute approximate surface area is 119 Å². The number of non-ortho nitro benzene ring substituents is 1. The van der Waals surface area contributed by atoms with Crippen molar-refractivity contribution in [3.63, 3.8) is 0 Å². The fourth-order valence-electron chi connectivity index (χ4n) is 1.71. The molecule has 108 valence electrons. The molecule has 21 heavy (non-hydrogen) atoms. The van der Waals surface area contributed by atoms with E-state index in [1.165, 1.54) is 30.3 Å². The van der Waals surface area contributed by atoms with E-state index < -0.39 is 22.4 Å². The Bertz CT molecular complexity index is 686. The maximum atomic E-state index is 13.1. The van der Waals surface area contributed by atoms with Crippen LogP contribution in [0.25, 0.3) is 0 Å². The van der Waals surface area contributed by atoms with Crippen LogP contribution in [0.1, 0.15) is 5.56 Å². The summed E-state index contributed by atoms with van der Waals surface area (Å²) < 4.78 is 13.1. The standard InChI is InChI=1S/C14H11FN2O4/c15-12-8-10(3-6-13(12)18)16-14(19)7-9-1-4-11(5-2-9)17(20)21/h1-6,8,18H,7H2,(H,16,19). The van der Waals surface area contributed by atoms with Gasteiger partial charge in [0.15, 0.2) is 11.6 Å². The number of phenolic OH excluding ortho intramolecular Hbond substituents is 1. The average molecular weight is 290 g/mol. The van der Waals surface area contributed by atoms with E-state index in [0.29, 0.717) is 5.56 Å². The molecule has 2 rings (SSSR count). The van der Waals surface area contributed by atoms with E-state index >= 15 is 0 Å². The van der Waals surface area contributed by atoms with E-state index in [2.05, 4.69) is 5.32 Å². The summed E-state index contributed by atoms with van der Waals surface area (Å²) in [4.78, 5) is 21.7. The molecular formula is C14H11FN2O4. The highest BCUT2D eigenvalue weighted by molar-refractivity contribution is 5.92. The molecule has 0 radical (unpaired) electrons. The van der Waals surface area contributed by atoms with E-state index in [1.807, 2.05) is 0 Å². The molecule has 7 heteroatoms. The molecule has 2 aromatic rings. The molecule has 0 aromatic heterocycles. The first-order chi connectivity index (χ1) is 9.95. The lowest BCUT2D eigenvalue weighted by molar-refractivity contribution is -0.384. The van der Waals surface area contributed by atoms with Crippen molar-refractivity contribution in [1.29, 1.82) is 0 Å². The Balaban J connectivity index is 2.01. The van der Waals surface area contributed by atoms with Crippen molar-refractivity contribution < 1.29 is 19.2 Å². The van der Waals surface area contributed by atoms with Crippen LogP contribution in [-0.2, 0) is 11.2 Å². The van der Waals surface area contributed by atoms with Gasteiger partial charge in [-0.1, -0.05) is 12.1 Å². The highest BCUT2D eigenvalue weighted by Gasteiger charge is 2.09. The normalized spacial score (nSPS) is 10.1. The predicted molar refractivity (Wildman–Crippen MR) is 73.5 cm³/mol. The number of nitrogens with zero attached hydrogens (tertiary/aromatic N) is 1. The van der Waals surface area contributed by atoms with Gasteiger partial charge in [-0.25, -0.2) is 4.39 Å². The largest absolute Gasteiger partial charge is 0.505 e. The third-order valence-electron chi connectivity index (χ3n) is 2.74. The maximum absolute atomic E-state index is 13.1. The summed E-state index contributed by atoms with van der Waals surface area (Å²) in [5.74, 6) is -1.72. The number of nitro groups is 1.